The van der Waals surface area contributed by atoms with Gasteiger partial charge in [0.05, 0.1) is 6.61 Å². The molecule has 0 amide bonds. The molecular formula is C18H29NO. The van der Waals surface area contributed by atoms with Gasteiger partial charge in [-0.05, 0) is 18.9 Å². The molecule has 2 heteroatoms. The van der Waals surface area contributed by atoms with Crippen LogP contribution in [0.2, 0.25) is 0 Å². The van der Waals surface area contributed by atoms with E-state index in [9.17, 15) is 0 Å². The monoisotopic (exact) mass is 275 g/mol. The lowest BCUT2D eigenvalue weighted by atomic mass is 9.72. The molecule has 0 spiro atoms. The van der Waals surface area contributed by atoms with Crippen molar-refractivity contribution < 1.29 is 4.74 Å². The first kappa shape index (κ1) is 15.4. The third-order valence-electron chi connectivity index (χ3n) is 4.70. The standard InChI is InChI=1S/C18H29NO/c1-2-3-4-5-6-9-12-18(15-19)13-14-20-17-11-8-7-10-16(17)18/h7-8,10-11H,2-6,9,12-15,19H2,1H3. The second-order valence-corrected chi connectivity index (χ2v) is 6.10. The molecule has 1 aliphatic rings. The van der Waals surface area contributed by atoms with Crippen LogP contribution in [0.5, 0.6) is 5.75 Å². The van der Waals surface area contributed by atoms with Crippen LogP contribution in [0.4, 0.5) is 0 Å². The molecule has 0 aliphatic carbocycles. The van der Waals surface area contributed by atoms with Gasteiger partial charge < -0.3 is 10.5 Å². The maximum absolute atomic E-state index is 6.16. The van der Waals surface area contributed by atoms with E-state index in [2.05, 4.69) is 31.2 Å². The average molecular weight is 275 g/mol. The van der Waals surface area contributed by atoms with E-state index in [0.29, 0.717) is 0 Å². The van der Waals surface area contributed by atoms with Gasteiger partial charge in [-0.2, -0.15) is 0 Å². The summed E-state index contributed by atoms with van der Waals surface area (Å²) in [6.07, 6.45) is 10.3. The summed E-state index contributed by atoms with van der Waals surface area (Å²) in [6, 6.07) is 8.45. The zero-order chi connectivity index (χ0) is 14.3. The molecule has 1 aromatic carbocycles. The molecule has 0 radical (unpaired) electrons. The molecule has 112 valence electrons. The first-order valence-electron chi connectivity index (χ1n) is 8.25. The minimum Gasteiger partial charge on any atom is -0.493 e. The number of nitrogens with two attached hydrogens (primary N) is 1. The van der Waals surface area contributed by atoms with Crippen LogP contribution >= 0.6 is 0 Å². The highest BCUT2D eigenvalue weighted by Gasteiger charge is 2.35. The average Bonchev–Trinajstić information content (AvgIpc) is 2.51. The predicted octanol–water partition coefficient (Wildman–Crippen LogP) is 4.42. The van der Waals surface area contributed by atoms with Gasteiger partial charge in [0.2, 0.25) is 0 Å². The topological polar surface area (TPSA) is 35.2 Å². The van der Waals surface area contributed by atoms with E-state index in [1.807, 2.05) is 0 Å². The van der Waals surface area contributed by atoms with Gasteiger partial charge in [-0.25, -0.2) is 0 Å². The largest absolute Gasteiger partial charge is 0.493 e. The van der Waals surface area contributed by atoms with Crippen molar-refractivity contribution in [3.05, 3.63) is 29.8 Å². The molecule has 0 aromatic heterocycles. The fraction of sp³-hybridized carbons (Fsp3) is 0.667. The molecule has 2 N–H and O–H groups in total. The van der Waals surface area contributed by atoms with Gasteiger partial charge in [-0.3, -0.25) is 0 Å². The normalized spacial score (nSPS) is 21.3. The highest BCUT2D eigenvalue weighted by molar-refractivity contribution is 5.41. The minimum atomic E-state index is 0.152. The van der Waals surface area contributed by atoms with Gasteiger partial charge in [-0.1, -0.05) is 63.6 Å². The molecule has 0 bridgehead atoms. The maximum atomic E-state index is 6.16. The van der Waals surface area contributed by atoms with Gasteiger partial charge in [-0.15, -0.1) is 0 Å². The van der Waals surface area contributed by atoms with Crippen LogP contribution in [0, 0.1) is 0 Å². The Labute approximate surface area is 123 Å². The van der Waals surface area contributed by atoms with Crippen LogP contribution in [-0.4, -0.2) is 13.2 Å². The lowest BCUT2D eigenvalue weighted by Gasteiger charge is -2.38. The zero-order valence-electron chi connectivity index (χ0n) is 12.9. The fourth-order valence-electron chi connectivity index (χ4n) is 3.34. The van der Waals surface area contributed by atoms with Crippen molar-refractivity contribution in [3.63, 3.8) is 0 Å². The van der Waals surface area contributed by atoms with Crippen molar-refractivity contribution in [2.75, 3.05) is 13.2 Å². The summed E-state index contributed by atoms with van der Waals surface area (Å²) in [5.41, 5.74) is 7.65. The van der Waals surface area contributed by atoms with E-state index in [1.165, 1.54) is 50.5 Å². The Balaban J connectivity index is 1.93. The zero-order valence-corrected chi connectivity index (χ0v) is 12.9. The van der Waals surface area contributed by atoms with Crippen LogP contribution < -0.4 is 10.5 Å². The summed E-state index contributed by atoms with van der Waals surface area (Å²) in [7, 11) is 0. The third kappa shape index (κ3) is 3.54. The molecule has 1 aliphatic heterocycles. The quantitative estimate of drug-likeness (QED) is 0.713. The SMILES string of the molecule is CCCCCCCCC1(CN)CCOc2ccccc21. The smallest absolute Gasteiger partial charge is 0.123 e. The van der Waals surface area contributed by atoms with Crippen molar-refractivity contribution in [2.45, 2.75) is 63.7 Å². The van der Waals surface area contributed by atoms with E-state index in [4.69, 9.17) is 10.5 Å². The molecule has 1 atom stereocenters. The molecule has 2 rings (SSSR count). The molecule has 0 saturated heterocycles. The molecule has 20 heavy (non-hydrogen) atoms. The third-order valence-corrected chi connectivity index (χ3v) is 4.70. The minimum absolute atomic E-state index is 0.152. The number of rotatable bonds is 8. The van der Waals surface area contributed by atoms with Gasteiger partial charge >= 0.3 is 0 Å². The van der Waals surface area contributed by atoms with Gasteiger partial charge in [0.25, 0.3) is 0 Å². The number of unbranched alkanes of at least 4 members (excludes halogenated alkanes) is 5. The molecule has 0 fully saturated rings. The predicted molar refractivity (Wildman–Crippen MR) is 85.3 cm³/mol. The lowest BCUT2D eigenvalue weighted by Crippen LogP contribution is -2.39. The van der Waals surface area contributed by atoms with E-state index >= 15 is 0 Å². The highest BCUT2D eigenvalue weighted by Crippen LogP contribution is 2.41. The van der Waals surface area contributed by atoms with Crippen LogP contribution in [-0.2, 0) is 5.41 Å². The Kier molecular flexibility index (Phi) is 5.90. The number of benzene rings is 1. The summed E-state index contributed by atoms with van der Waals surface area (Å²) in [4.78, 5) is 0. The molecule has 1 aromatic rings. The molecule has 0 saturated carbocycles. The summed E-state index contributed by atoms with van der Waals surface area (Å²) in [5, 5.41) is 0. The van der Waals surface area contributed by atoms with Gasteiger partial charge in [0.15, 0.2) is 0 Å². The highest BCUT2D eigenvalue weighted by atomic mass is 16.5. The summed E-state index contributed by atoms with van der Waals surface area (Å²) < 4.78 is 5.78. The second kappa shape index (κ2) is 7.68. The van der Waals surface area contributed by atoms with Crippen LogP contribution in [0.25, 0.3) is 0 Å². The first-order chi connectivity index (χ1) is 9.82. The Morgan fingerprint density at radius 1 is 1.10 bits per heavy atom. The molecule has 2 nitrogen and oxygen atoms in total. The number of hydrogen-bond acceptors (Lipinski definition) is 2. The van der Waals surface area contributed by atoms with Crippen molar-refractivity contribution in [2.24, 2.45) is 5.73 Å². The van der Waals surface area contributed by atoms with E-state index in [0.717, 1.165) is 25.3 Å². The second-order valence-electron chi connectivity index (χ2n) is 6.10. The molecule has 1 heterocycles. The number of fused-ring (bicyclic) bond motifs is 1. The van der Waals surface area contributed by atoms with Gasteiger partial charge in [0, 0.05) is 17.5 Å². The number of ether oxygens (including phenoxy) is 1. The van der Waals surface area contributed by atoms with E-state index in [1.54, 1.807) is 0 Å². The summed E-state index contributed by atoms with van der Waals surface area (Å²) >= 11 is 0. The maximum Gasteiger partial charge on any atom is 0.123 e. The molecule has 1 unspecified atom stereocenters. The summed E-state index contributed by atoms with van der Waals surface area (Å²) in [5.74, 6) is 1.05. The first-order valence-corrected chi connectivity index (χ1v) is 8.25. The van der Waals surface area contributed by atoms with E-state index < -0.39 is 0 Å². The Bertz CT molecular complexity index is 404. The van der Waals surface area contributed by atoms with Crippen LogP contribution in [0.3, 0.4) is 0 Å². The Hall–Kier alpha value is -1.02. The van der Waals surface area contributed by atoms with Crippen molar-refractivity contribution >= 4 is 0 Å². The number of hydrogen-bond donors (Lipinski definition) is 1. The van der Waals surface area contributed by atoms with E-state index in [-0.39, 0.29) is 5.41 Å². The fourth-order valence-corrected chi connectivity index (χ4v) is 3.34. The van der Waals surface area contributed by atoms with Crippen molar-refractivity contribution in [1.82, 2.24) is 0 Å². The Morgan fingerprint density at radius 3 is 2.65 bits per heavy atom. The Morgan fingerprint density at radius 2 is 1.85 bits per heavy atom. The van der Waals surface area contributed by atoms with Crippen molar-refractivity contribution in [3.8, 4) is 5.75 Å². The molecular weight excluding hydrogens is 246 g/mol. The lowest BCUT2D eigenvalue weighted by molar-refractivity contribution is 0.205. The van der Waals surface area contributed by atoms with Crippen LogP contribution in [0.1, 0.15) is 63.9 Å². The van der Waals surface area contributed by atoms with Crippen LogP contribution in [0.15, 0.2) is 24.3 Å². The van der Waals surface area contributed by atoms with Crippen molar-refractivity contribution in [1.29, 1.82) is 0 Å². The van der Waals surface area contributed by atoms with Gasteiger partial charge in [0.1, 0.15) is 5.75 Å². The summed E-state index contributed by atoms with van der Waals surface area (Å²) in [6.45, 7) is 3.81. The number of para-hydroxylation sites is 1.